The molecule has 2 amide bonds. The van der Waals surface area contributed by atoms with E-state index in [0.29, 0.717) is 38.5 Å². The Bertz CT molecular complexity index is 608. The van der Waals surface area contributed by atoms with Gasteiger partial charge in [0.15, 0.2) is 6.10 Å². The van der Waals surface area contributed by atoms with E-state index >= 15 is 0 Å². The van der Waals surface area contributed by atoms with Crippen LogP contribution in [0.2, 0.25) is 0 Å². The Morgan fingerprint density at radius 1 is 1.11 bits per heavy atom. The third kappa shape index (κ3) is 5.94. The van der Waals surface area contributed by atoms with Gasteiger partial charge in [-0.1, -0.05) is 19.1 Å². The average Bonchev–Trinajstić information content (AvgIpc) is 2.71. The standard InChI is InChI=1S/C20H31N3O4/c1-4-16-5-7-17(8-6-16)27-15(2)20(25)23-11-9-22(10-12-23)19(24)13-18(14-21)26-3/h5-8,15,18H,4,9-14,21H2,1-3H3. The van der Waals surface area contributed by atoms with E-state index in [4.69, 9.17) is 15.2 Å². The minimum absolute atomic E-state index is 0.0136. The van der Waals surface area contributed by atoms with E-state index in [1.807, 2.05) is 24.3 Å². The van der Waals surface area contributed by atoms with Gasteiger partial charge < -0.3 is 25.0 Å². The molecule has 0 spiro atoms. The Balaban J connectivity index is 1.81. The summed E-state index contributed by atoms with van der Waals surface area (Å²) in [4.78, 5) is 28.4. The summed E-state index contributed by atoms with van der Waals surface area (Å²) in [6.45, 7) is 6.22. The van der Waals surface area contributed by atoms with Crippen LogP contribution in [0.4, 0.5) is 0 Å². The number of hydrogen-bond acceptors (Lipinski definition) is 5. The third-order valence-electron chi connectivity index (χ3n) is 4.93. The minimum atomic E-state index is -0.560. The highest BCUT2D eigenvalue weighted by Crippen LogP contribution is 2.16. The number of amides is 2. The molecule has 7 heteroatoms. The van der Waals surface area contributed by atoms with Crippen molar-refractivity contribution >= 4 is 11.8 Å². The second-order valence-electron chi connectivity index (χ2n) is 6.76. The molecule has 0 saturated carbocycles. The van der Waals surface area contributed by atoms with Crippen molar-refractivity contribution in [1.29, 1.82) is 0 Å². The Morgan fingerprint density at radius 3 is 2.22 bits per heavy atom. The quantitative estimate of drug-likeness (QED) is 0.732. The van der Waals surface area contributed by atoms with Gasteiger partial charge in [0.2, 0.25) is 5.91 Å². The number of rotatable bonds is 8. The van der Waals surface area contributed by atoms with Crippen molar-refractivity contribution < 1.29 is 19.1 Å². The highest BCUT2D eigenvalue weighted by Gasteiger charge is 2.28. The molecule has 2 atom stereocenters. The van der Waals surface area contributed by atoms with Gasteiger partial charge in [-0.05, 0) is 31.0 Å². The Morgan fingerprint density at radius 2 is 1.70 bits per heavy atom. The number of aryl methyl sites for hydroxylation is 1. The lowest BCUT2D eigenvalue weighted by atomic mass is 10.2. The van der Waals surface area contributed by atoms with Crippen molar-refractivity contribution in [2.45, 2.75) is 38.9 Å². The van der Waals surface area contributed by atoms with Gasteiger partial charge in [-0.25, -0.2) is 0 Å². The van der Waals surface area contributed by atoms with E-state index in [2.05, 4.69) is 6.92 Å². The summed E-state index contributed by atoms with van der Waals surface area (Å²) in [5.41, 5.74) is 6.80. The number of carbonyl (C=O) groups is 2. The van der Waals surface area contributed by atoms with Crippen molar-refractivity contribution in [3.63, 3.8) is 0 Å². The zero-order chi connectivity index (χ0) is 19.8. The van der Waals surface area contributed by atoms with Gasteiger partial charge in [0.1, 0.15) is 5.75 Å². The molecule has 0 aromatic heterocycles. The second kappa shape index (κ2) is 10.3. The van der Waals surface area contributed by atoms with E-state index in [9.17, 15) is 9.59 Å². The van der Waals surface area contributed by atoms with Crippen LogP contribution in [-0.2, 0) is 20.7 Å². The molecular formula is C20H31N3O4. The maximum atomic E-state index is 12.6. The number of nitrogens with zero attached hydrogens (tertiary/aromatic N) is 2. The fraction of sp³-hybridized carbons (Fsp3) is 0.600. The summed E-state index contributed by atoms with van der Waals surface area (Å²) >= 11 is 0. The first kappa shape index (κ1) is 21.2. The fourth-order valence-electron chi connectivity index (χ4n) is 3.08. The maximum Gasteiger partial charge on any atom is 0.263 e. The summed E-state index contributed by atoms with van der Waals surface area (Å²) in [6, 6.07) is 7.79. The first-order valence-corrected chi connectivity index (χ1v) is 9.53. The van der Waals surface area contributed by atoms with Crippen LogP contribution in [0.3, 0.4) is 0 Å². The van der Waals surface area contributed by atoms with E-state index < -0.39 is 6.10 Å². The normalized spacial score (nSPS) is 16.7. The van der Waals surface area contributed by atoms with Crippen molar-refractivity contribution in [1.82, 2.24) is 9.80 Å². The molecule has 1 fully saturated rings. The molecule has 1 aliphatic rings. The topological polar surface area (TPSA) is 85.1 Å². The Labute approximate surface area is 161 Å². The van der Waals surface area contributed by atoms with Crippen LogP contribution < -0.4 is 10.5 Å². The predicted molar refractivity (Wildman–Crippen MR) is 104 cm³/mol. The molecule has 1 aromatic carbocycles. The lowest BCUT2D eigenvalue weighted by molar-refractivity contribution is -0.144. The lowest BCUT2D eigenvalue weighted by Crippen LogP contribution is -2.53. The highest BCUT2D eigenvalue weighted by molar-refractivity contribution is 5.81. The summed E-state index contributed by atoms with van der Waals surface area (Å²) in [5, 5.41) is 0. The molecule has 0 bridgehead atoms. The molecule has 1 aliphatic heterocycles. The lowest BCUT2D eigenvalue weighted by Gasteiger charge is -2.36. The van der Waals surface area contributed by atoms with Gasteiger partial charge in [-0.15, -0.1) is 0 Å². The molecule has 1 aromatic rings. The maximum absolute atomic E-state index is 12.6. The Kier molecular flexibility index (Phi) is 8.06. The van der Waals surface area contributed by atoms with Crippen molar-refractivity contribution in [3.8, 4) is 5.75 Å². The molecule has 150 valence electrons. The fourth-order valence-corrected chi connectivity index (χ4v) is 3.08. The first-order chi connectivity index (χ1) is 13.0. The van der Waals surface area contributed by atoms with Crippen LogP contribution >= 0.6 is 0 Å². The van der Waals surface area contributed by atoms with E-state index in [1.165, 1.54) is 5.56 Å². The molecule has 2 unspecified atom stereocenters. The third-order valence-corrected chi connectivity index (χ3v) is 4.93. The van der Waals surface area contributed by atoms with Crippen LogP contribution in [-0.4, -0.2) is 73.7 Å². The summed E-state index contributed by atoms with van der Waals surface area (Å²) in [6.07, 6.45) is 0.419. The number of benzene rings is 1. The number of nitrogens with two attached hydrogens (primary N) is 1. The van der Waals surface area contributed by atoms with E-state index in [0.717, 1.165) is 6.42 Å². The van der Waals surface area contributed by atoms with Gasteiger partial charge in [0.25, 0.3) is 5.91 Å². The number of methoxy groups -OCH3 is 1. The number of piperazine rings is 1. The largest absolute Gasteiger partial charge is 0.481 e. The van der Waals surface area contributed by atoms with E-state index in [1.54, 1.807) is 23.8 Å². The SMILES string of the molecule is CCc1ccc(OC(C)C(=O)N2CCN(C(=O)CC(CN)OC)CC2)cc1. The summed E-state index contributed by atoms with van der Waals surface area (Å²) in [5.74, 6) is 0.646. The molecule has 7 nitrogen and oxygen atoms in total. The molecule has 0 aliphatic carbocycles. The van der Waals surface area contributed by atoms with Crippen LogP contribution in [0.25, 0.3) is 0 Å². The van der Waals surface area contributed by atoms with Crippen molar-refractivity contribution in [2.75, 3.05) is 39.8 Å². The molecule has 2 N–H and O–H groups in total. The van der Waals surface area contributed by atoms with Crippen LogP contribution in [0.5, 0.6) is 5.75 Å². The van der Waals surface area contributed by atoms with Crippen LogP contribution in [0.15, 0.2) is 24.3 Å². The zero-order valence-corrected chi connectivity index (χ0v) is 16.5. The van der Waals surface area contributed by atoms with Crippen LogP contribution in [0, 0.1) is 0 Å². The molecule has 0 radical (unpaired) electrons. The van der Waals surface area contributed by atoms with Gasteiger partial charge in [-0.3, -0.25) is 9.59 Å². The first-order valence-electron chi connectivity index (χ1n) is 9.53. The van der Waals surface area contributed by atoms with Crippen molar-refractivity contribution in [3.05, 3.63) is 29.8 Å². The number of ether oxygens (including phenoxy) is 2. The smallest absolute Gasteiger partial charge is 0.263 e. The Hall–Kier alpha value is -2.12. The molecule has 27 heavy (non-hydrogen) atoms. The van der Waals surface area contributed by atoms with Crippen LogP contribution in [0.1, 0.15) is 25.8 Å². The molecule has 1 heterocycles. The predicted octanol–water partition coefficient (Wildman–Crippen LogP) is 1.05. The number of carbonyl (C=O) groups excluding carboxylic acids is 2. The van der Waals surface area contributed by atoms with Gasteiger partial charge >= 0.3 is 0 Å². The minimum Gasteiger partial charge on any atom is -0.481 e. The zero-order valence-electron chi connectivity index (χ0n) is 16.5. The number of hydrogen-bond donors (Lipinski definition) is 1. The molecular weight excluding hydrogens is 346 g/mol. The summed E-state index contributed by atoms with van der Waals surface area (Å²) in [7, 11) is 1.55. The molecule has 2 rings (SSSR count). The highest BCUT2D eigenvalue weighted by atomic mass is 16.5. The monoisotopic (exact) mass is 377 g/mol. The second-order valence-corrected chi connectivity index (χ2v) is 6.76. The van der Waals surface area contributed by atoms with Gasteiger partial charge in [-0.2, -0.15) is 0 Å². The van der Waals surface area contributed by atoms with Crippen molar-refractivity contribution in [2.24, 2.45) is 5.73 Å². The van der Waals surface area contributed by atoms with Gasteiger partial charge in [0, 0.05) is 39.8 Å². The summed E-state index contributed by atoms with van der Waals surface area (Å²) < 4.78 is 11.0. The average molecular weight is 377 g/mol. The van der Waals surface area contributed by atoms with Gasteiger partial charge in [0.05, 0.1) is 12.5 Å². The molecule has 1 saturated heterocycles. The van der Waals surface area contributed by atoms with E-state index in [-0.39, 0.29) is 24.3 Å².